The predicted molar refractivity (Wildman–Crippen MR) is 30.3 cm³/mol. The maximum absolute atomic E-state index is 8.74. The first kappa shape index (κ1) is 15.7. The second-order valence-corrected chi connectivity index (χ2v) is 1.34. The van der Waals surface area contributed by atoms with Crippen molar-refractivity contribution in [3.8, 4) is 0 Å². The summed E-state index contributed by atoms with van der Waals surface area (Å²) in [6.45, 7) is 0. The van der Waals surface area contributed by atoms with Gasteiger partial charge in [0.05, 0.1) is 0 Å². The Hall–Kier alpha value is 0.260. The third kappa shape index (κ3) is 1680. The smallest absolute Gasteiger partial charge is 0.344 e. The summed E-state index contributed by atoms with van der Waals surface area (Å²) in [6, 6.07) is 0. The van der Waals surface area contributed by atoms with Gasteiger partial charge in [-0.1, -0.05) is 0 Å². The zero-order chi connectivity index (χ0) is 4.50. The molecule has 0 rings (SSSR count). The van der Waals surface area contributed by atoms with Crippen LogP contribution < -0.4 is 6.15 Å². The van der Waals surface area contributed by atoms with E-state index in [9.17, 15) is 0 Å². The van der Waals surface area contributed by atoms with Crippen molar-refractivity contribution < 1.29 is 17.5 Å². The van der Waals surface area contributed by atoms with E-state index in [4.69, 9.17) is 17.5 Å². The average molecular weight is 149 g/mol. The van der Waals surface area contributed by atoms with Crippen molar-refractivity contribution in [2.45, 2.75) is 0 Å². The van der Waals surface area contributed by atoms with Gasteiger partial charge in [0.25, 0.3) is 0 Å². The lowest BCUT2D eigenvalue weighted by atomic mass is 14.0. The summed E-state index contributed by atoms with van der Waals surface area (Å²) in [4.78, 5) is 0. The van der Waals surface area contributed by atoms with Crippen LogP contribution in [0.3, 0.4) is 0 Å². The van der Waals surface area contributed by atoms with Gasteiger partial charge in [0.15, 0.2) is 0 Å². The first-order chi connectivity index (χ1) is 2.00. The Kier molecular flexibility index (Phi) is 9.90. The molecule has 0 saturated heterocycles. The van der Waals surface area contributed by atoms with Crippen molar-refractivity contribution in [2.75, 3.05) is 0 Å². The quantitative estimate of drug-likeness (QED) is 0.319. The molecule has 0 aliphatic carbocycles. The van der Waals surface area contributed by atoms with Gasteiger partial charge in [-0.25, -0.2) is 0 Å². The van der Waals surface area contributed by atoms with Crippen LogP contribution in [0, 0.1) is 0 Å². The van der Waals surface area contributed by atoms with Crippen LogP contribution in [0.4, 0.5) is 0 Å². The Balaban J connectivity index is -0.0000000800. The second kappa shape index (κ2) is 4.42. The molecule has 5 nitrogen and oxygen atoms in total. The largest absolute Gasteiger partial charge is 0.394 e. The molecule has 48 valence electrons. The molecule has 0 aromatic carbocycles. The second-order valence-electron chi connectivity index (χ2n) is 0.448. The molecular formula is H8NO4PS. The molecule has 0 radical (unpaired) electrons. The molecule has 0 heterocycles. The monoisotopic (exact) mass is 149 g/mol. The summed E-state index contributed by atoms with van der Waals surface area (Å²) in [5.41, 5.74) is 0. The van der Waals surface area contributed by atoms with Crippen LogP contribution in [0.5, 0.6) is 0 Å². The molecule has 0 aromatic rings. The zero-order valence-corrected chi connectivity index (χ0v) is 5.76. The molecule has 0 aliphatic rings. The van der Waals surface area contributed by atoms with E-state index in [1.54, 1.807) is 0 Å². The molecule has 1 atom stereocenters. The van der Waals surface area contributed by atoms with E-state index in [-0.39, 0.29) is 16.0 Å². The maximum atomic E-state index is 8.74. The Morgan fingerprint density at radius 3 is 1.14 bits per heavy atom. The summed E-state index contributed by atoms with van der Waals surface area (Å²) in [6.07, 6.45) is 0. The van der Waals surface area contributed by atoms with Crippen molar-refractivity contribution in [1.82, 2.24) is 6.15 Å². The minimum absolute atomic E-state index is 0. The van der Waals surface area contributed by atoms with Gasteiger partial charge in [0, 0.05) is 0 Å². The Morgan fingerprint density at radius 1 is 1.14 bits per heavy atom. The van der Waals surface area contributed by atoms with Crippen molar-refractivity contribution in [3.05, 3.63) is 0 Å². The first-order valence-corrected chi connectivity index (χ1v) is 2.10. The topological polar surface area (TPSA) is 110 Å². The summed E-state index contributed by atoms with van der Waals surface area (Å²) in [5.74, 6) is 0. The molecule has 0 fully saturated rings. The highest BCUT2D eigenvalue weighted by atomic mass is 32.3. The number of rotatable bonds is 0. The van der Waals surface area contributed by atoms with E-state index in [1.807, 2.05) is 0 Å². The van der Waals surface area contributed by atoms with Crippen molar-refractivity contribution in [3.63, 3.8) is 0 Å². The van der Waals surface area contributed by atoms with Gasteiger partial charge in [-0.05, 0) is 0 Å². The van der Waals surface area contributed by atoms with Crippen LogP contribution in [0.1, 0.15) is 0 Å². The van der Waals surface area contributed by atoms with Crippen LogP contribution in [-0.4, -0.2) is 17.5 Å². The summed E-state index contributed by atoms with van der Waals surface area (Å²) in [5, 5.41) is 0. The third-order valence-electron chi connectivity index (χ3n) is 0. The highest BCUT2D eigenvalue weighted by Gasteiger charge is 1.84. The van der Waals surface area contributed by atoms with Gasteiger partial charge < -0.3 is 6.15 Å². The molecule has 0 aliphatic heterocycles. The third-order valence-corrected chi connectivity index (χ3v) is 0. The fraction of sp³-hybridized carbons (Fsp3) is 0. The number of hydrogen-bond acceptors (Lipinski definition) is 3. The molecule has 0 aromatic heterocycles. The molecule has 7 heavy (non-hydrogen) atoms. The molecule has 0 spiro atoms. The van der Waals surface area contributed by atoms with E-state index in [1.165, 1.54) is 0 Å². The SMILES string of the molecule is N.O=S(=O)(O)O.P. The van der Waals surface area contributed by atoms with E-state index < -0.39 is 10.4 Å². The van der Waals surface area contributed by atoms with Gasteiger partial charge in [0.2, 0.25) is 0 Å². The lowest BCUT2D eigenvalue weighted by molar-refractivity contribution is 0.381. The maximum Gasteiger partial charge on any atom is 0.394 e. The van der Waals surface area contributed by atoms with Crippen LogP contribution in [-0.2, 0) is 10.4 Å². The Labute approximate surface area is 44.9 Å². The first-order valence-electron chi connectivity index (χ1n) is 0.698. The predicted octanol–water partition coefficient (Wildman–Crippen LogP) is -0.433. The van der Waals surface area contributed by atoms with Gasteiger partial charge >= 0.3 is 10.4 Å². The van der Waals surface area contributed by atoms with Crippen molar-refractivity contribution in [2.24, 2.45) is 0 Å². The van der Waals surface area contributed by atoms with Crippen LogP contribution in [0.25, 0.3) is 0 Å². The summed E-state index contributed by atoms with van der Waals surface area (Å²) in [7, 11) is -4.67. The normalized spacial score (nSPS) is 8.29. The lowest BCUT2D eigenvalue weighted by Crippen LogP contribution is -1.89. The molecule has 7 heteroatoms. The van der Waals surface area contributed by atoms with E-state index >= 15 is 0 Å². The lowest BCUT2D eigenvalue weighted by Gasteiger charge is -1.68. The molecule has 0 saturated carbocycles. The Bertz CT molecular complexity index is 94.9. The van der Waals surface area contributed by atoms with Crippen LogP contribution in [0.2, 0.25) is 0 Å². The molecule has 0 amide bonds. The minimum Gasteiger partial charge on any atom is -0.344 e. The van der Waals surface area contributed by atoms with E-state index in [0.717, 1.165) is 0 Å². The molecular weight excluding hydrogens is 141 g/mol. The van der Waals surface area contributed by atoms with E-state index in [2.05, 4.69) is 0 Å². The van der Waals surface area contributed by atoms with Gasteiger partial charge in [0.1, 0.15) is 0 Å². The standard InChI is InChI=1S/H3N.H2O4S.H3P/c;1-5(2,3)4;/h1H3;(H2,1,2,3,4);1H3. The van der Waals surface area contributed by atoms with E-state index in [0.29, 0.717) is 0 Å². The molecule has 0 bridgehead atoms. The highest BCUT2D eigenvalue weighted by Crippen LogP contribution is 1.59. The summed E-state index contributed by atoms with van der Waals surface area (Å²) < 4.78 is 31.6. The number of hydrogen-bond donors (Lipinski definition) is 3. The molecule has 5 N–H and O–H groups in total. The van der Waals surface area contributed by atoms with Crippen LogP contribution in [0.15, 0.2) is 0 Å². The zero-order valence-electron chi connectivity index (χ0n) is 3.53. The van der Waals surface area contributed by atoms with Gasteiger partial charge in [-0.2, -0.15) is 18.3 Å². The fourth-order valence-electron chi connectivity index (χ4n) is 0. The highest BCUT2D eigenvalue weighted by molar-refractivity contribution is 7.79. The fourth-order valence-corrected chi connectivity index (χ4v) is 0. The summed E-state index contributed by atoms with van der Waals surface area (Å²) >= 11 is 0. The van der Waals surface area contributed by atoms with Gasteiger partial charge in [-0.3, -0.25) is 9.11 Å². The Morgan fingerprint density at radius 2 is 1.14 bits per heavy atom. The average Bonchev–Trinajstić information content (AvgIpc) is 0.722. The van der Waals surface area contributed by atoms with Crippen LogP contribution >= 0.6 is 9.90 Å². The van der Waals surface area contributed by atoms with Crippen molar-refractivity contribution >= 4 is 20.3 Å². The molecule has 1 unspecified atom stereocenters. The minimum atomic E-state index is -4.67. The van der Waals surface area contributed by atoms with Crippen molar-refractivity contribution in [1.29, 1.82) is 0 Å². The van der Waals surface area contributed by atoms with Gasteiger partial charge in [-0.15, -0.1) is 0 Å².